The van der Waals surface area contributed by atoms with Crippen LogP contribution in [0.15, 0.2) is 42.7 Å². The van der Waals surface area contributed by atoms with Crippen LogP contribution >= 0.6 is 0 Å². The Morgan fingerprint density at radius 3 is 2.22 bits per heavy atom. The summed E-state index contributed by atoms with van der Waals surface area (Å²) in [7, 11) is -3.33. The van der Waals surface area contributed by atoms with E-state index in [2.05, 4.69) is 9.97 Å². The van der Waals surface area contributed by atoms with E-state index in [0.29, 0.717) is 37.8 Å². The van der Waals surface area contributed by atoms with Crippen molar-refractivity contribution in [2.24, 2.45) is 0 Å². The molecule has 2 aliphatic rings. The zero-order chi connectivity index (χ0) is 18.7. The topological polar surface area (TPSA) is 75.6 Å². The Hall–Kier alpha value is -2.03. The first kappa shape index (κ1) is 18.3. The number of piperidine rings is 1. The van der Waals surface area contributed by atoms with Gasteiger partial charge in [-0.05, 0) is 37.8 Å². The van der Waals surface area contributed by atoms with E-state index in [1.165, 1.54) is 0 Å². The highest BCUT2D eigenvalue weighted by Crippen LogP contribution is 2.34. The number of para-hydroxylation sites is 1. The molecule has 1 aromatic carbocycles. The predicted molar refractivity (Wildman–Crippen MR) is 102 cm³/mol. The second-order valence-electron chi connectivity index (χ2n) is 6.95. The largest absolute Gasteiger partial charge is 0.437 e. The highest BCUT2D eigenvalue weighted by Gasteiger charge is 2.35. The van der Waals surface area contributed by atoms with E-state index in [-0.39, 0.29) is 5.92 Å². The molecule has 3 heterocycles. The van der Waals surface area contributed by atoms with Gasteiger partial charge in [0.25, 0.3) is 10.2 Å². The lowest BCUT2D eigenvalue weighted by Gasteiger charge is -2.33. The van der Waals surface area contributed by atoms with E-state index in [4.69, 9.17) is 4.74 Å². The summed E-state index contributed by atoms with van der Waals surface area (Å²) < 4.78 is 34.6. The fourth-order valence-electron chi connectivity index (χ4n) is 3.74. The lowest BCUT2D eigenvalue weighted by Crippen LogP contribution is -2.45. The van der Waals surface area contributed by atoms with Gasteiger partial charge in [0, 0.05) is 44.5 Å². The minimum absolute atomic E-state index is 0.141. The molecule has 0 amide bonds. The summed E-state index contributed by atoms with van der Waals surface area (Å²) in [6, 6.07) is 9.51. The second kappa shape index (κ2) is 7.92. The van der Waals surface area contributed by atoms with Gasteiger partial charge in [0.2, 0.25) is 5.88 Å². The van der Waals surface area contributed by atoms with Crippen molar-refractivity contribution in [3.8, 4) is 11.6 Å². The van der Waals surface area contributed by atoms with Gasteiger partial charge in [-0.15, -0.1) is 0 Å². The van der Waals surface area contributed by atoms with Crippen LogP contribution in [0.5, 0.6) is 11.6 Å². The summed E-state index contributed by atoms with van der Waals surface area (Å²) in [6.45, 7) is 2.29. The fraction of sp³-hybridized carbons (Fsp3) is 0.474. The highest BCUT2D eigenvalue weighted by atomic mass is 32.2. The number of hydrogen-bond acceptors (Lipinski definition) is 5. The van der Waals surface area contributed by atoms with Crippen LogP contribution in [0.2, 0.25) is 0 Å². The van der Waals surface area contributed by atoms with Crippen LogP contribution in [0.1, 0.15) is 37.3 Å². The third kappa shape index (κ3) is 3.97. The van der Waals surface area contributed by atoms with Crippen LogP contribution in [0, 0.1) is 0 Å². The van der Waals surface area contributed by atoms with Crippen LogP contribution in [0.4, 0.5) is 0 Å². The Morgan fingerprint density at radius 2 is 1.52 bits per heavy atom. The Morgan fingerprint density at radius 1 is 0.889 bits per heavy atom. The molecule has 0 saturated carbocycles. The second-order valence-corrected chi connectivity index (χ2v) is 8.88. The van der Waals surface area contributed by atoms with Crippen LogP contribution < -0.4 is 4.74 Å². The standard InChI is InChI=1S/C19H24N4O3S/c24-27(25,22-12-4-5-13-22)23-14-8-16(9-15-23)18-19(21-11-10-20-18)26-17-6-2-1-3-7-17/h1-3,6-7,10-11,16H,4-5,8-9,12-15H2. The average molecular weight is 388 g/mol. The number of aromatic nitrogens is 2. The Bertz CT molecular complexity index is 862. The van der Waals surface area contributed by atoms with E-state index >= 15 is 0 Å². The highest BCUT2D eigenvalue weighted by molar-refractivity contribution is 7.86. The van der Waals surface area contributed by atoms with Gasteiger partial charge in [0.1, 0.15) is 11.4 Å². The van der Waals surface area contributed by atoms with Crippen LogP contribution in [0.3, 0.4) is 0 Å². The van der Waals surface area contributed by atoms with Crippen molar-refractivity contribution >= 4 is 10.2 Å². The molecule has 0 aliphatic carbocycles. The summed E-state index contributed by atoms with van der Waals surface area (Å²) in [5.74, 6) is 1.36. The Balaban J connectivity index is 1.45. The zero-order valence-corrected chi connectivity index (χ0v) is 16.0. The monoisotopic (exact) mass is 388 g/mol. The maximum atomic E-state index is 12.7. The minimum atomic E-state index is -3.33. The minimum Gasteiger partial charge on any atom is -0.437 e. The molecule has 0 N–H and O–H groups in total. The van der Waals surface area contributed by atoms with Gasteiger partial charge < -0.3 is 4.74 Å². The molecule has 2 saturated heterocycles. The lowest BCUT2D eigenvalue weighted by molar-refractivity contribution is 0.290. The van der Waals surface area contributed by atoms with Crippen molar-refractivity contribution in [2.75, 3.05) is 26.2 Å². The molecular formula is C19H24N4O3S. The molecule has 8 heteroatoms. The molecule has 4 rings (SSSR count). The SMILES string of the molecule is O=S(=O)(N1CCCC1)N1CCC(c2nccnc2Oc2ccccc2)CC1. The molecule has 2 fully saturated rings. The molecule has 144 valence electrons. The summed E-state index contributed by atoms with van der Waals surface area (Å²) in [4.78, 5) is 8.85. The van der Waals surface area contributed by atoms with Crippen molar-refractivity contribution in [2.45, 2.75) is 31.6 Å². The zero-order valence-electron chi connectivity index (χ0n) is 15.2. The van der Waals surface area contributed by atoms with Crippen molar-refractivity contribution in [1.82, 2.24) is 18.6 Å². The first-order valence-corrected chi connectivity index (χ1v) is 10.8. The van der Waals surface area contributed by atoms with Gasteiger partial charge in [0.05, 0.1) is 0 Å². The first-order chi connectivity index (χ1) is 13.1. The Kier molecular flexibility index (Phi) is 5.38. The number of hydrogen-bond donors (Lipinski definition) is 0. The quantitative estimate of drug-likeness (QED) is 0.787. The van der Waals surface area contributed by atoms with Gasteiger partial charge in [0.15, 0.2) is 0 Å². The lowest BCUT2D eigenvalue weighted by atomic mass is 9.94. The first-order valence-electron chi connectivity index (χ1n) is 9.43. The van der Waals surface area contributed by atoms with Gasteiger partial charge in [-0.3, -0.25) is 4.98 Å². The van der Waals surface area contributed by atoms with Crippen molar-refractivity contribution in [3.05, 3.63) is 48.4 Å². The number of nitrogens with zero attached hydrogens (tertiary/aromatic N) is 4. The van der Waals surface area contributed by atoms with Crippen molar-refractivity contribution in [3.63, 3.8) is 0 Å². The van der Waals surface area contributed by atoms with E-state index in [1.807, 2.05) is 30.3 Å². The molecule has 2 aliphatic heterocycles. The molecule has 0 atom stereocenters. The van der Waals surface area contributed by atoms with Gasteiger partial charge in [-0.2, -0.15) is 17.0 Å². The van der Waals surface area contributed by atoms with Crippen LogP contribution in [-0.2, 0) is 10.2 Å². The predicted octanol–water partition coefficient (Wildman–Crippen LogP) is 2.79. The van der Waals surface area contributed by atoms with Crippen LogP contribution in [-0.4, -0.2) is 53.2 Å². The van der Waals surface area contributed by atoms with Crippen molar-refractivity contribution < 1.29 is 13.2 Å². The number of benzene rings is 1. The maximum absolute atomic E-state index is 12.7. The molecule has 0 unspecified atom stereocenters. The van der Waals surface area contributed by atoms with Gasteiger partial charge in [-0.25, -0.2) is 4.98 Å². The van der Waals surface area contributed by atoms with E-state index in [9.17, 15) is 8.42 Å². The molecule has 7 nitrogen and oxygen atoms in total. The third-order valence-corrected chi connectivity index (χ3v) is 7.24. The summed E-state index contributed by atoms with van der Waals surface area (Å²) in [6.07, 6.45) is 6.63. The molecule has 0 bridgehead atoms. The number of ether oxygens (including phenoxy) is 1. The third-order valence-electron chi connectivity index (χ3n) is 5.21. The molecule has 27 heavy (non-hydrogen) atoms. The molecule has 0 spiro atoms. The van der Waals surface area contributed by atoms with Crippen molar-refractivity contribution in [1.29, 1.82) is 0 Å². The molecule has 0 radical (unpaired) electrons. The average Bonchev–Trinajstić information content (AvgIpc) is 3.25. The van der Waals surface area contributed by atoms with E-state index < -0.39 is 10.2 Å². The summed E-state index contributed by atoms with van der Waals surface area (Å²) >= 11 is 0. The molecule has 2 aromatic rings. The van der Waals surface area contributed by atoms with Gasteiger partial charge in [-0.1, -0.05) is 18.2 Å². The molecular weight excluding hydrogens is 364 g/mol. The van der Waals surface area contributed by atoms with Crippen LogP contribution in [0.25, 0.3) is 0 Å². The normalized spacial score (nSPS) is 20.0. The summed E-state index contributed by atoms with van der Waals surface area (Å²) in [5.41, 5.74) is 0.805. The van der Waals surface area contributed by atoms with E-state index in [1.54, 1.807) is 21.0 Å². The Labute approximate surface area is 160 Å². The fourth-order valence-corrected chi connectivity index (χ4v) is 5.46. The van der Waals surface area contributed by atoms with Gasteiger partial charge >= 0.3 is 0 Å². The molecule has 1 aromatic heterocycles. The van der Waals surface area contributed by atoms with E-state index in [0.717, 1.165) is 31.4 Å². The summed E-state index contributed by atoms with van der Waals surface area (Å²) in [5, 5.41) is 0. The number of rotatable bonds is 5. The smallest absolute Gasteiger partial charge is 0.281 e. The maximum Gasteiger partial charge on any atom is 0.281 e.